The SMILES string of the molecule is O=C(CCCC(=O)N/N=C/c1cccc(Br)c1)N/N=C\c1cccc(Br)c1. The highest BCUT2D eigenvalue weighted by atomic mass is 79.9. The van der Waals surface area contributed by atoms with Gasteiger partial charge in [0.1, 0.15) is 0 Å². The van der Waals surface area contributed by atoms with Crippen molar-refractivity contribution < 1.29 is 9.59 Å². The minimum atomic E-state index is -0.244. The number of rotatable bonds is 8. The Morgan fingerprint density at radius 3 is 1.67 bits per heavy atom. The van der Waals surface area contributed by atoms with Crippen LogP contribution in [0.1, 0.15) is 30.4 Å². The Labute approximate surface area is 174 Å². The molecule has 0 spiro atoms. The predicted molar refractivity (Wildman–Crippen MR) is 114 cm³/mol. The fourth-order valence-electron chi connectivity index (χ4n) is 2.05. The zero-order chi connectivity index (χ0) is 19.5. The van der Waals surface area contributed by atoms with Gasteiger partial charge in [0.05, 0.1) is 12.4 Å². The Kier molecular flexibility index (Phi) is 8.86. The van der Waals surface area contributed by atoms with Gasteiger partial charge in [-0.2, -0.15) is 10.2 Å². The molecule has 6 nitrogen and oxygen atoms in total. The number of amides is 2. The summed E-state index contributed by atoms with van der Waals surface area (Å²) in [4.78, 5) is 23.4. The molecule has 0 heterocycles. The zero-order valence-electron chi connectivity index (χ0n) is 14.4. The third-order valence-electron chi connectivity index (χ3n) is 3.31. The predicted octanol–water partition coefficient (Wildman–Crippen LogP) is 3.98. The first-order valence-electron chi connectivity index (χ1n) is 8.18. The minimum absolute atomic E-state index is 0.207. The fraction of sp³-hybridized carbons (Fsp3) is 0.158. The summed E-state index contributed by atoms with van der Waals surface area (Å²) in [7, 11) is 0. The second-order valence-electron chi connectivity index (χ2n) is 5.55. The number of hydrogen-bond acceptors (Lipinski definition) is 4. The number of carbonyl (C=O) groups excluding carboxylic acids is 2. The summed E-state index contributed by atoms with van der Waals surface area (Å²) in [6, 6.07) is 15.1. The highest BCUT2D eigenvalue weighted by Crippen LogP contribution is 2.10. The van der Waals surface area contributed by atoms with Crippen LogP contribution in [0.25, 0.3) is 0 Å². The zero-order valence-corrected chi connectivity index (χ0v) is 17.5. The van der Waals surface area contributed by atoms with Gasteiger partial charge >= 0.3 is 0 Å². The van der Waals surface area contributed by atoms with Crippen molar-refractivity contribution in [3.8, 4) is 0 Å². The van der Waals surface area contributed by atoms with E-state index in [1.54, 1.807) is 12.4 Å². The van der Waals surface area contributed by atoms with Crippen LogP contribution in [0.4, 0.5) is 0 Å². The summed E-state index contributed by atoms with van der Waals surface area (Å²) in [6.07, 6.45) is 3.95. The summed E-state index contributed by atoms with van der Waals surface area (Å²) in [5, 5.41) is 7.79. The first-order valence-corrected chi connectivity index (χ1v) is 9.76. The van der Waals surface area contributed by atoms with Crippen LogP contribution in [0.3, 0.4) is 0 Å². The van der Waals surface area contributed by atoms with E-state index in [1.807, 2.05) is 48.5 Å². The van der Waals surface area contributed by atoms with E-state index in [0.29, 0.717) is 6.42 Å². The monoisotopic (exact) mass is 492 g/mol. The first-order chi connectivity index (χ1) is 13.0. The molecule has 2 aromatic rings. The Bertz CT molecular complexity index is 784. The van der Waals surface area contributed by atoms with Gasteiger partial charge in [0.25, 0.3) is 0 Å². The summed E-state index contributed by atoms with van der Waals surface area (Å²) in [5.41, 5.74) is 6.62. The number of hydrazone groups is 2. The highest BCUT2D eigenvalue weighted by molar-refractivity contribution is 9.10. The molecular formula is C19H18Br2N4O2. The molecule has 8 heteroatoms. The van der Waals surface area contributed by atoms with Gasteiger partial charge in [0.2, 0.25) is 11.8 Å². The molecule has 0 saturated heterocycles. The van der Waals surface area contributed by atoms with Crippen molar-refractivity contribution >= 4 is 56.1 Å². The molecule has 2 N–H and O–H groups in total. The molecule has 2 amide bonds. The van der Waals surface area contributed by atoms with Gasteiger partial charge in [0.15, 0.2) is 0 Å². The Balaban J connectivity index is 1.63. The van der Waals surface area contributed by atoms with Crippen LogP contribution in [-0.2, 0) is 9.59 Å². The lowest BCUT2D eigenvalue weighted by molar-refractivity contribution is -0.122. The maximum atomic E-state index is 11.7. The van der Waals surface area contributed by atoms with E-state index in [-0.39, 0.29) is 24.7 Å². The lowest BCUT2D eigenvalue weighted by atomic mass is 10.2. The van der Waals surface area contributed by atoms with Crippen LogP contribution in [0.5, 0.6) is 0 Å². The van der Waals surface area contributed by atoms with Gasteiger partial charge in [-0.25, -0.2) is 10.9 Å². The number of nitrogens with one attached hydrogen (secondary N) is 2. The maximum Gasteiger partial charge on any atom is 0.240 e. The highest BCUT2D eigenvalue weighted by Gasteiger charge is 2.04. The standard InChI is InChI=1S/C19H18Br2N4O2/c20-16-6-1-4-14(10-16)12-22-24-18(26)8-3-9-19(27)25-23-13-15-5-2-7-17(21)11-15/h1-2,4-7,10-13H,3,8-9H2,(H,24,26)(H,25,27)/b22-12-,23-13+. The number of carbonyl (C=O) groups is 2. The first kappa shape index (κ1) is 21.0. The molecule has 0 aromatic heterocycles. The fourth-order valence-corrected chi connectivity index (χ4v) is 2.89. The van der Waals surface area contributed by atoms with Crippen LogP contribution in [0, 0.1) is 0 Å². The van der Waals surface area contributed by atoms with Crippen molar-refractivity contribution in [3.63, 3.8) is 0 Å². The van der Waals surface area contributed by atoms with Crippen molar-refractivity contribution in [2.75, 3.05) is 0 Å². The molecule has 0 aliphatic carbocycles. The second-order valence-corrected chi connectivity index (χ2v) is 7.38. The van der Waals surface area contributed by atoms with E-state index in [2.05, 4.69) is 52.9 Å². The van der Waals surface area contributed by atoms with Crippen LogP contribution >= 0.6 is 31.9 Å². The van der Waals surface area contributed by atoms with Gasteiger partial charge < -0.3 is 0 Å². The van der Waals surface area contributed by atoms with E-state index in [9.17, 15) is 9.59 Å². The minimum Gasteiger partial charge on any atom is -0.273 e. The number of halogens is 2. The van der Waals surface area contributed by atoms with E-state index < -0.39 is 0 Å². The van der Waals surface area contributed by atoms with Gasteiger partial charge in [-0.1, -0.05) is 56.1 Å². The molecule has 2 aromatic carbocycles. The molecule has 0 saturated carbocycles. The third kappa shape index (κ3) is 8.74. The molecule has 0 aliphatic heterocycles. The number of nitrogens with zero attached hydrogens (tertiary/aromatic N) is 2. The molecule has 0 atom stereocenters. The van der Waals surface area contributed by atoms with Crippen LogP contribution in [0.15, 0.2) is 67.7 Å². The summed E-state index contributed by atoms with van der Waals surface area (Å²) in [6.45, 7) is 0. The van der Waals surface area contributed by atoms with Crippen molar-refractivity contribution in [1.29, 1.82) is 0 Å². The molecule has 0 bridgehead atoms. The summed E-state index contributed by atoms with van der Waals surface area (Å²) >= 11 is 6.73. The largest absolute Gasteiger partial charge is 0.273 e. The Morgan fingerprint density at radius 1 is 0.815 bits per heavy atom. The van der Waals surface area contributed by atoms with Crippen molar-refractivity contribution in [1.82, 2.24) is 10.9 Å². The molecular weight excluding hydrogens is 476 g/mol. The second kappa shape index (κ2) is 11.4. The Morgan fingerprint density at radius 2 is 1.26 bits per heavy atom. The van der Waals surface area contributed by atoms with Crippen molar-refractivity contribution in [3.05, 3.63) is 68.6 Å². The van der Waals surface area contributed by atoms with Crippen LogP contribution < -0.4 is 10.9 Å². The van der Waals surface area contributed by atoms with E-state index in [4.69, 9.17) is 0 Å². The third-order valence-corrected chi connectivity index (χ3v) is 4.30. The molecule has 140 valence electrons. The Hall–Kier alpha value is -2.32. The average molecular weight is 494 g/mol. The molecule has 2 rings (SSSR count). The smallest absolute Gasteiger partial charge is 0.240 e. The molecule has 0 fully saturated rings. The lowest BCUT2D eigenvalue weighted by Crippen LogP contribution is -2.20. The quantitative estimate of drug-likeness (QED) is 0.430. The average Bonchev–Trinajstić information content (AvgIpc) is 2.62. The van der Waals surface area contributed by atoms with Gasteiger partial charge in [-0.15, -0.1) is 0 Å². The number of benzene rings is 2. The lowest BCUT2D eigenvalue weighted by Gasteiger charge is -2.01. The van der Waals surface area contributed by atoms with Crippen LogP contribution in [0.2, 0.25) is 0 Å². The molecule has 0 unspecified atom stereocenters. The van der Waals surface area contributed by atoms with E-state index >= 15 is 0 Å². The van der Waals surface area contributed by atoms with Crippen LogP contribution in [-0.4, -0.2) is 24.2 Å². The van der Waals surface area contributed by atoms with E-state index in [0.717, 1.165) is 20.1 Å². The molecule has 27 heavy (non-hydrogen) atoms. The van der Waals surface area contributed by atoms with Gasteiger partial charge in [0, 0.05) is 21.8 Å². The topological polar surface area (TPSA) is 82.9 Å². The number of hydrogen-bond donors (Lipinski definition) is 2. The summed E-state index contributed by atoms with van der Waals surface area (Å²) in [5.74, 6) is -0.488. The van der Waals surface area contributed by atoms with Crippen molar-refractivity contribution in [2.24, 2.45) is 10.2 Å². The molecule has 0 aliphatic rings. The summed E-state index contributed by atoms with van der Waals surface area (Å²) < 4.78 is 1.87. The maximum absolute atomic E-state index is 11.7. The molecule has 0 radical (unpaired) electrons. The van der Waals surface area contributed by atoms with Crippen molar-refractivity contribution in [2.45, 2.75) is 19.3 Å². The van der Waals surface area contributed by atoms with Gasteiger partial charge in [-0.05, 0) is 41.8 Å². The van der Waals surface area contributed by atoms with E-state index in [1.165, 1.54) is 0 Å². The van der Waals surface area contributed by atoms with Gasteiger partial charge in [-0.3, -0.25) is 9.59 Å². The normalized spacial score (nSPS) is 11.0.